The van der Waals surface area contributed by atoms with Crippen molar-refractivity contribution in [1.82, 2.24) is 9.80 Å². The lowest BCUT2D eigenvalue weighted by molar-refractivity contribution is -0.145. The predicted octanol–water partition coefficient (Wildman–Crippen LogP) is 3.38. The van der Waals surface area contributed by atoms with Crippen LogP contribution in [-0.2, 0) is 14.4 Å². The van der Waals surface area contributed by atoms with E-state index in [1.54, 1.807) is 39.8 Å². The zero-order valence-corrected chi connectivity index (χ0v) is 17.7. The van der Waals surface area contributed by atoms with Gasteiger partial charge in [-0.25, -0.2) is 0 Å². The molecule has 0 bridgehead atoms. The number of nitrogens with one attached hydrogen (secondary N) is 1. The lowest BCUT2D eigenvalue weighted by Crippen LogP contribution is -2.54. The number of benzene rings is 1. The molecular formula is C19H21Cl2N3O3S. The number of anilines is 1. The summed E-state index contributed by atoms with van der Waals surface area (Å²) in [5, 5.41) is 3.67. The van der Waals surface area contributed by atoms with Crippen molar-refractivity contribution in [2.45, 2.75) is 49.6 Å². The van der Waals surface area contributed by atoms with Crippen molar-refractivity contribution in [2.75, 3.05) is 17.6 Å². The number of rotatable bonds is 3. The molecule has 3 atom stereocenters. The summed E-state index contributed by atoms with van der Waals surface area (Å²) in [4.78, 5) is 41.5. The Hall–Kier alpha value is -1.44. The molecule has 1 aromatic rings. The first kappa shape index (κ1) is 19.9. The number of hydrogen-bond donors (Lipinski definition) is 1. The van der Waals surface area contributed by atoms with E-state index in [0.29, 0.717) is 40.9 Å². The Kier molecular flexibility index (Phi) is 5.27. The molecule has 9 heteroatoms. The summed E-state index contributed by atoms with van der Waals surface area (Å²) in [6.45, 7) is 2.54. The molecule has 150 valence electrons. The maximum atomic E-state index is 13.3. The molecular weight excluding hydrogens is 421 g/mol. The first-order chi connectivity index (χ1) is 13.3. The molecule has 1 aromatic carbocycles. The van der Waals surface area contributed by atoms with Gasteiger partial charge in [0.2, 0.25) is 17.7 Å². The van der Waals surface area contributed by atoms with Crippen molar-refractivity contribution in [3.63, 3.8) is 0 Å². The summed E-state index contributed by atoms with van der Waals surface area (Å²) in [6.07, 6.45) is 2.59. The van der Waals surface area contributed by atoms with Gasteiger partial charge in [-0.2, -0.15) is 0 Å². The molecule has 0 aromatic heterocycles. The van der Waals surface area contributed by atoms with E-state index >= 15 is 0 Å². The monoisotopic (exact) mass is 441 g/mol. The summed E-state index contributed by atoms with van der Waals surface area (Å²) in [5.41, 5.74) is 0.500. The van der Waals surface area contributed by atoms with E-state index in [9.17, 15) is 14.4 Å². The Morgan fingerprint density at radius 1 is 1.21 bits per heavy atom. The number of amides is 3. The molecule has 0 spiro atoms. The van der Waals surface area contributed by atoms with Crippen molar-refractivity contribution in [1.29, 1.82) is 0 Å². The van der Waals surface area contributed by atoms with Gasteiger partial charge >= 0.3 is 0 Å². The lowest BCUT2D eigenvalue weighted by atomic mass is 10.1. The van der Waals surface area contributed by atoms with Crippen molar-refractivity contribution in [2.24, 2.45) is 0 Å². The topological polar surface area (TPSA) is 69.7 Å². The summed E-state index contributed by atoms with van der Waals surface area (Å²) < 4.78 is 0. The summed E-state index contributed by atoms with van der Waals surface area (Å²) in [6, 6.07) is 3.79. The van der Waals surface area contributed by atoms with Gasteiger partial charge in [0.15, 0.2) is 0 Å². The highest BCUT2D eigenvalue weighted by atomic mass is 35.5. The number of likely N-dealkylation sites (tertiary alicyclic amines) is 1. The predicted molar refractivity (Wildman–Crippen MR) is 111 cm³/mol. The number of nitrogens with zero attached hydrogens (tertiary/aromatic N) is 2. The molecule has 0 saturated carbocycles. The summed E-state index contributed by atoms with van der Waals surface area (Å²) >= 11 is 13.7. The largest absolute Gasteiger partial charge is 0.329 e. The Morgan fingerprint density at radius 2 is 1.93 bits per heavy atom. The van der Waals surface area contributed by atoms with Gasteiger partial charge in [0, 0.05) is 34.5 Å². The summed E-state index contributed by atoms with van der Waals surface area (Å²) in [7, 11) is 0. The third-order valence-electron chi connectivity index (χ3n) is 5.70. The van der Waals surface area contributed by atoms with Gasteiger partial charge in [0.25, 0.3) is 0 Å². The molecule has 28 heavy (non-hydrogen) atoms. The van der Waals surface area contributed by atoms with Crippen molar-refractivity contribution >= 4 is 58.4 Å². The highest BCUT2D eigenvalue weighted by Gasteiger charge is 2.54. The van der Waals surface area contributed by atoms with Crippen LogP contribution in [0.15, 0.2) is 18.2 Å². The minimum absolute atomic E-state index is 0.0274. The fraction of sp³-hybridized carbons (Fsp3) is 0.526. The van der Waals surface area contributed by atoms with E-state index in [1.165, 1.54) is 0 Å². The van der Waals surface area contributed by atoms with Gasteiger partial charge in [-0.15, -0.1) is 11.8 Å². The van der Waals surface area contributed by atoms with Crippen molar-refractivity contribution in [3.8, 4) is 0 Å². The van der Waals surface area contributed by atoms with Crippen LogP contribution >= 0.6 is 35.0 Å². The molecule has 3 aliphatic rings. The van der Waals surface area contributed by atoms with E-state index in [1.807, 2.05) is 6.92 Å². The number of carbonyl (C=O) groups is 3. The van der Waals surface area contributed by atoms with Crippen LogP contribution in [0.4, 0.5) is 5.69 Å². The quantitative estimate of drug-likeness (QED) is 0.780. The molecule has 4 rings (SSSR count). The minimum Gasteiger partial charge on any atom is -0.329 e. The molecule has 3 aliphatic heterocycles. The van der Waals surface area contributed by atoms with E-state index in [4.69, 9.17) is 23.2 Å². The summed E-state index contributed by atoms with van der Waals surface area (Å²) in [5.74, 6) is 0.216. The third-order valence-corrected chi connectivity index (χ3v) is 7.64. The second kappa shape index (κ2) is 7.43. The van der Waals surface area contributed by atoms with E-state index in [0.717, 1.165) is 12.8 Å². The molecule has 3 heterocycles. The maximum absolute atomic E-state index is 13.3. The van der Waals surface area contributed by atoms with Crippen molar-refractivity contribution in [3.05, 3.63) is 28.2 Å². The van der Waals surface area contributed by atoms with Crippen molar-refractivity contribution < 1.29 is 14.4 Å². The Balaban J connectivity index is 1.49. The molecule has 0 aliphatic carbocycles. The number of halogens is 2. The Labute approximate surface area is 177 Å². The molecule has 0 radical (unpaired) electrons. The second-order valence-electron chi connectivity index (χ2n) is 7.60. The van der Waals surface area contributed by atoms with Crippen LogP contribution in [0, 0.1) is 0 Å². The number of hydrogen-bond acceptors (Lipinski definition) is 4. The first-order valence-electron chi connectivity index (χ1n) is 9.32. The average molecular weight is 442 g/mol. The highest BCUT2D eigenvalue weighted by Crippen LogP contribution is 2.47. The van der Waals surface area contributed by atoms with E-state index in [-0.39, 0.29) is 22.6 Å². The van der Waals surface area contributed by atoms with E-state index < -0.39 is 12.1 Å². The Bertz CT molecular complexity index is 831. The van der Waals surface area contributed by atoms with Crippen LogP contribution in [0.5, 0.6) is 0 Å². The molecule has 3 amide bonds. The molecule has 1 N–H and O–H groups in total. The average Bonchev–Trinajstić information content (AvgIpc) is 3.29. The second-order valence-corrected chi connectivity index (χ2v) is 9.98. The SMILES string of the molecule is CC12CCC(=O)N1C(C(=O)N1CCCC1C(=O)Nc1cc(Cl)cc(Cl)c1)CS2. The zero-order chi connectivity index (χ0) is 20.1. The fourth-order valence-electron chi connectivity index (χ4n) is 4.35. The minimum atomic E-state index is -0.556. The van der Waals surface area contributed by atoms with Crippen LogP contribution in [0.25, 0.3) is 0 Å². The van der Waals surface area contributed by atoms with Gasteiger partial charge in [-0.3, -0.25) is 14.4 Å². The first-order valence-corrected chi connectivity index (χ1v) is 11.1. The van der Waals surface area contributed by atoms with Crippen LogP contribution in [-0.4, -0.2) is 56.8 Å². The Morgan fingerprint density at radius 3 is 2.64 bits per heavy atom. The van der Waals surface area contributed by atoms with Gasteiger partial charge < -0.3 is 15.1 Å². The molecule has 3 unspecified atom stereocenters. The van der Waals surface area contributed by atoms with Gasteiger partial charge in [-0.1, -0.05) is 23.2 Å². The van der Waals surface area contributed by atoms with Gasteiger partial charge in [0.1, 0.15) is 12.1 Å². The van der Waals surface area contributed by atoms with Crippen LogP contribution < -0.4 is 5.32 Å². The molecule has 6 nitrogen and oxygen atoms in total. The van der Waals surface area contributed by atoms with Crippen LogP contribution in [0.3, 0.4) is 0 Å². The molecule has 3 saturated heterocycles. The number of carbonyl (C=O) groups excluding carboxylic acids is 3. The van der Waals surface area contributed by atoms with Gasteiger partial charge in [0.05, 0.1) is 4.87 Å². The standard InChI is InChI=1S/C19H21Cl2N3O3S/c1-19-5-4-16(25)24(19)15(10-28-19)18(27)23-6-2-3-14(23)17(26)22-13-8-11(20)7-12(21)9-13/h7-9,14-15H,2-6,10H2,1H3,(H,22,26). The molecule has 3 fully saturated rings. The number of thioether (sulfide) groups is 1. The maximum Gasteiger partial charge on any atom is 0.247 e. The fourth-order valence-corrected chi connectivity index (χ4v) is 6.30. The lowest BCUT2D eigenvalue weighted by Gasteiger charge is -2.33. The smallest absolute Gasteiger partial charge is 0.247 e. The third kappa shape index (κ3) is 3.48. The van der Waals surface area contributed by atoms with E-state index in [2.05, 4.69) is 5.32 Å². The van der Waals surface area contributed by atoms with Crippen LogP contribution in [0.2, 0.25) is 10.0 Å². The highest BCUT2D eigenvalue weighted by molar-refractivity contribution is 8.01. The number of fused-ring (bicyclic) bond motifs is 1. The van der Waals surface area contributed by atoms with Gasteiger partial charge in [-0.05, 0) is 44.4 Å². The zero-order valence-electron chi connectivity index (χ0n) is 15.4. The van der Waals surface area contributed by atoms with Crippen LogP contribution in [0.1, 0.15) is 32.6 Å². The normalized spacial score (nSPS) is 29.3.